The summed E-state index contributed by atoms with van der Waals surface area (Å²) >= 11 is 0. The molecule has 0 saturated heterocycles. The number of benzene rings is 3. The molecule has 1 aliphatic heterocycles. The number of nitrogens with one attached hydrogen (secondary N) is 2. The summed E-state index contributed by atoms with van der Waals surface area (Å²) in [5.74, 6) is 1.96. The van der Waals surface area contributed by atoms with Gasteiger partial charge in [0.1, 0.15) is 18.2 Å². The molecule has 2 aromatic heterocycles. The SMILES string of the molecule is CCc1noc(CC)c1Cc1nnc2n1-c1cc(CCO)ccc1C(c1ccccc1)=NC2NNC(=O)OCc1ccccc1. The maximum atomic E-state index is 12.8. The minimum atomic E-state index is -0.821. The van der Waals surface area contributed by atoms with Crippen molar-refractivity contribution in [2.45, 2.75) is 52.3 Å². The fourth-order valence-corrected chi connectivity index (χ4v) is 5.49. The van der Waals surface area contributed by atoms with Crippen LogP contribution < -0.4 is 10.9 Å². The first-order chi connectivity index (χ1) is 22.1. The molecular weight excluding hydrogens is 570 g/mol. The zero-order valence-corrected chi connectivity index (χ0v) is 25.2. The number of nitrogens with zero attached hydrogens (tertiary/aromatic N) is 5. The van der Waals surface area contributed by atoms with Crippen LogP contribution >= 0.6 is 0 Å². The van der Waals surface area contributed by atoms with Gasteiger partial charge in [0.2, 0.25) is 0 Å². The number of hydrazine groups is 1. The number of aryl methyl sites for hydroxylation is 2. The van der Waals surface area contributed by atoms with Crippen LogP contribution in [0.4, 0.5) is 4.79 Å². The summed E-state index contributed by atoms with van der Waals surface area (Å²) in [7, 11) is 0. The quantitative estimate of drug-likeness (QED) is 0.183. The Morgan fingerprint density at radius 1 is 0.978 bits per heavy atom. The van der Waals surface area contributed by atoms with Gasteiger partial charge in [0.25, 0.3) is 0 Å². The molecule has 1 unspecified atom stereocenters. The average molecular weight is 606 g/mol. The predicted octanol–water partition coefficient (Wildman–Crippen LogP) is 4.79. The molecule has 1 amide bonds. The molecule has 0 aliphatic carbocycles. The van der Waals surface area contributed by atoms with Crippen molar-refractivity contribution in [3.05, 3.63) is 130 Å². The zero-order chi connectivity index (χ0) is 31.2. The number of hydrogen-bond donors (Lipinski definition) is 3. The van der Waals surface area contributed by atoms with Gasteiger partial charge in [-0.3, -0.25) is 15.0 Å². The van der Waals surface area contributed by atoms with Crippen molar-refractivity contribution < 1.29 is 19.2 Å². The van der Waals surface area contributed by atoms with Crippen molar-refractivity contribution in [2.75, 3.05) is 6.61 Å². The summed E-state index contributed by atoms with van der Waals surface area (Å²) < 4.78 is 13.1. The second-order valence-electron chi connectivity index (χ2n) is 10.6. The maximum Gasteiger partial charge on any atom is 0.422 e. The molecule has 1 aliphatic rings. The first-order valence-corrected chi connectivity index (χ1v) is 15.1. The predicted molar refractivity (Wildman–Crippen MR) is 168 cm³/mol. The van der Waals surface area contributed by atoms with Crippen molar-refractivity contribution in [3.63, 3.8) is 0 Å². The van der Waals surface area contributed by atoms with Crippen molar-refractivity contribution in [1.82, 2.24) is 30.8 Å². The Balaban J connectivity index is 1.42. The maximum absolute atomic E-state index is 12.8. The van der Waals surface area contributed by atoms with E-state index in [1.54, 1.807) is 0 Å². The van der Waals surface area contributed by atoms with E-state index in [4.69, 9.17) is 14.3 Å². The minimum absolute atomic E-state index is 0.0138. The molecule has 11 heteroatoms. The van der Waals surface area contributed by atoms with Crippen LogP contribution in [0.5, 0.6) is 0 Å². The highest BCUT2D eigenvalue weighted by atomic mass is 16.6. The summed E-state index contributed by atoms with van der Waals surface area (Å²) in [6.45, 7) is 4.21. The number of aliphatic imine (C=N–C) groups is 1. The molecular formula is C34H35N7O4. The highest BCUT2D eigenvalue weighted by Gasteiger charge is 2.30. The largest absolute Gasteiger partial charge is 0.444 e. The van der Waals surface area contributed by atoms with Gasteiger partial charge < -0.3 is 14.4 Å². The van der Waals surface area contributed by atoms with Gasteiger partial charge in [-0.1, -0.05) is 91.8 Å². The third-order valence-corrected chi connectivity index (χ3v) is 7.73. The summed E-state index contributed by atoms with van der Waals surface area (Å²) in [4.78, 5) is 17.9. The van der Waals surface area contributed by atoms with Crippen LogP contribution in [0.15, 0.2) is 88.4 Å². The van der Waals surface area contributed by atoms with Crippen molar-refractivity contribution in [2.24, 2.45) is 4.99 Å². The highest BCUT2D eigenvalue weighted by molar-refractivity contribution is 6.15. The number of hydrogen-bond acceptors (Lipinski definition) is 9. The van der Waals surface area contributed by atoms with E-state index in [2.05, 4.69) is 26.2 Å². The monoisotopic (exact) mass is 605 g/mol. The average Bonchev–Trinajstić information content (AvgIpc) is 3.65. The van der Waals surface area contributed by atoms with Gasteiger partial charge in [0, 0.05) is 36.1 Å². The van der Waals surface area contributed by atoms with Crippen LogP contribution in [0, 0.1) is 0 Å². The lowest BCUT2D eigenvalue weighted by Gasteiger charge is -2.16. The summed E-state index contributed by atoms with van der Waals surface area (Å²) in [5, 5.41) is 23.3. The lowest BCUT2D eigenvalue weighted by molar-refractivity contribution is 0.132. The number of carbonyl (C=O) groups is 1. The Bertz CT molecular complexity index is 1780. The molecule has 0 bridgehead atoms. The normalized spacial score (nSPS) is 13.8. The molecule has 0 saturated carbocycles. The van der Waals surface area contributed by atoms with E-state index in [9.17, 15) is 9.90 Å². The lowest BCUT2D eigenvalue weighted by atomic mass is 9.98. The van der Waals surface area contributed by atoms with Crippen LogP contribution in [0.2, 0.25) is 0 Å². The number of rotatable bonds is 11. The number of ether oxygens (including phenoxy) is 1. The van der Waals surface area contributed by atoms with Crippen LogP contribution in [0.3, 0.4) is 0 Å². The van der Waals surface area contributed by atoms with Crippen LogP contribution in [-0.4, -0.2) is 43.4 Å². The molecule has 0 spiro atoms. The summed E-state index contributed by atoms with van der Waals surface area (Å²) in [6, 6.07) is 25.4. The Hall–Kier alpha value is -5.13. The molecule has 6 rings (SSSR count). The zero-order valence-electron chi connectivity index (χ0n) is 25.2. The number of aromatic nitrogens is 4. The summed E-state index contributed by atoms with van der Waals surface area (Å²) in [6.07, 6.45) is 0.863. The lowest BCUT2D eigenvalue weighted by Crippen LogP contribution is -2.40. The Morgan fingerprint density at radius 3 is 2.49 bits per heavy atom. The van der Waals surface area contributed by atoms with Gasteiger partial charge in [-0.05, 0) is 30.0 Å². The van der Waals surface area contributed by atoms with E-state index in [0.29, 0.717) is 36.6 Å². The smallest absolute Gasteiger partial charge is 0.422 e. The van der Waals surface area contributed by atoms with Gasteiger partial charge in [-0.15, -0.1) is 10.2 Å². The molecule has 3 N–H and O–H groups in total. The fourth-order valence-electron chi connectivity index (χ4n) is 5.49. The Labute approximate surface area is 260 Å². The van der Waals surface area contributed by atoms with E-state index in [-0.39, 0.29) is 13.2 Å². The highest BCUT2D eigenvalue weighted by Crippen LogP contribution is 2.32. The van der Waals surface area contributed by atoms with Gasteiger partial charge in [0.15, 0.2) is 12.0 Å². The topological polar surface area (TPSA) is 140 Å². The van der Waals surface area contributed by atoms with Crippen LogP contribution in [0.25, 0.3) is 5.69 Å². The third kappa shape index (κ3) is 6.40. The Kier molecular flexibility index (Phi) is 9.09. The van der Waals surface area contributed by atoms with Crippen molar-refractivity contribution in [1.29, 1.82) is 0 Å². The molecule has 45 heavy (non-hydrogen) atoms. The number of amides is 1. The van der Waals surface area contributed by atoms with Crippen LogP contribution in [0.1, 0.15) is 70.9 Å². The Morgan fingerprint density at radius 2 is 1.76 bits per heavy atom. The second-order valence-corrected chi connectivity index (χ2v) is 10.6. The van der Waals surface area contributed by atoms with Gasteiger partial charge in [-0.2, -0.15) is 0 Å². The molecule has 1 atom stereocenters. The van der Waals surface area contributed by atoms with Crippen molar-refractivity contribution in [3.8, 4) is 5.69 Å². The molecule has 3 aromatic carbocycles. The number of carbonyl (C=O) groups excluding carboxylic acids is 1. The van der Waals surface area contributed by atoms with E-state index >= 15 is 0 Å². The molecule has 230 valence electrons. The molecule has 11 nitrogen and oxygen atoms in total. The van der Waals surface area contributed by atoms with Gasteiger partial charge >= 0.3 is 6.09 Å². The number of aliphatic hydroxyl groups is 1. The fraction of sp³-hybridized carbons (Fsp3) is 0.265. The van der Waals surface area contributed by atoms with Gasteiger partial charge in [-0.25, -0.2) is 10.2 Å². The van der Waals surface area contributed by atoms with E-state index in [1.807, 2.05) is 97.3 Å². The van der Waals surface area contributed by atoms with Crippen LogP contribution in [-0.2, 0) is 37.0 Å². The molecule has 3 heterocycles. The molecule has 0 fully saturated rings. The van der Waals surface area contributed by atoms with E-state index < -0.39 is 12.3 Å². The molecule has 0 radical (unpaired) electrons. The third-order valence-electron chi connectivity index (χ3n) is 7.73. The van der Waals surface area contributed by atoms with Gasteiger partial charge in [0.05, 0.1) is 17.1 Å². The number of fused-ring (bicyclic) bond motifs is 3. The number of aliphatic hydroxyl groups excluding tert-OH is 1. The molecule has 5 aromatic rings. The second kappa shape index (κ2) is 13.7. The first kappa shape index (κ1) is 29.9. The first-order valence-electron chi connectivity index (χ1n) is 15.1. The standard InChI is InChI=1S/C34H35N7O4/c1-3-27-26(29(4-2)45-40-27)20-30-36-38-33-32(37-39-34(43)44-21-23-11-7-5-8-12-23)35-31(24-13-9-6-10-14-24)25-16-15-22(17-18-42)19-28(25)41(30)33/h5-16,19,32,37,42H,3-4,17-18,20-21H2,1-2H3,(H,39,43). The van der Waals surface area contributed by atoms with E-state index in [0.717, 1.165) is 51.4 Å². The van der Waals surface area contributed by atoms with E-state index in [1.165, 1.54) is 0 Å². The van der Waals surface area contributed by atoms with Crippen molar-refractivity contribution >= 4 is 11.8 Å². The minimum Gasteiger partial charge on any atom is -0.444 e. The summed E-state index contributed by atoms with van der Waals surface area (Å²) in [5.41, 5.74) is 12.7.